The highest BCUT2D eigenvalue weighted by molar-refractivity contribution is 6.07. The molecule has 1 unspecified atom stereocenters. The van der Waals surface area contributed by atoms with Crippen LogP contribution in [0.15, 0.2) is 53.7 Å². The maximum Gasteiger partial charge on any atom is 0.232 e. The smallest absolute Gasteiger partial charge is 0.232 e. The molecule has 1 amide bonds. The molecule has 2 aliphatic rings. The summed E-state index contributed by atoms with van der Waals surface area (Å²) < 4.78 is 0. The fourth-order valence-corrected chi connectivity index (χ4v) is 4.40. The van der Waals surface area contributed by atoms with E-state index in [0.29, 0.717) is 12.8 Å². The van der Waals surface area contributed by atoms with Crippen LogP contribution in [-0.4, -0.2) is 11.7 Å². The maximum absolute atomic E-state index is 13.3. The number of hydrogen-bond donors (Lipinski definition) is 0. The predicted octanol–water partition coefficient (Wildman–Crippen LogP) is 5.14. The van der Waals surface area contributed by atoms with Gasteiger partial charge in [-0.05, 0) is 56.4 Å². The van der Waals surface area contributed by atoms with Crippen molar-refractivity contribution in [3.63, 3.8) is 0 Å². The van der Waals surface area contributed by atoms with Crippen molar-refractivity contribution >= 4 is 17.4 Å². The summed E-state index contributed by atoms with van der Waals surface area (Å²) in [5, 5.41) is 0. The Kier molecular flexibility index (Phi) is 4.47. The van der Waals surface area contributed by atoms with E-state index in [4.69, 9.17) is 0 Å². The minimum atomic E-state index is -0.124. The number of benzene rings is 2. The summed E-state index contributed by atoms with van der Waals surface area (Å²) in [6.07, 6.45) is 2.52. The lowest BCUT2D eigenvalue weighted by Gasteiger charge is -2.39. The molecule has 27 heavy (non-hydrogen) atoms. The number of carbonyl (C=O) groups is 2. The van der Waals surface area contributed by atoms with Crippen LogP contribution in [-0.2, 0) is 9.59 Å². The van der Waals surface area contributed by atoms with Gasteiger partial charge in [0.2, 0.25) is 5.91 Å². The summed E-state index contributed by atoms with van der Waals surface area (Å²) in [5.74, 6) is 0.163. The highest BCUT2D eigenvalue weighted by Crippen LogP contribution is 2.44. The van der Waals surface area contributed by atoms with E-state index in [-0.39, 0.29) is 17.6 Å². The largest absolute Gasteiger partial charge is 0.294 e. The van der Waals surface area contributed by atoms with E-state index in [2.05, 4.69) is 37.3 Å². The molecule has 0 fully saturated rings. The van der Waals surface area contributed by atoms with Gasteiger partial charge in [-0.15, -0.1) is 0 Å². The molecule has 2 aromatic carbocycles. The monoisotopic (exact) mass is 359 g/mol. The number of aryl methyl sites for hydroxylation is 3. The topological polar surface area (TPSA) is 37.4 Å². The first-order chi connectivity index (χ1) is 13.0. The average molecular weight is 359 g/mol. The van der Waals surface area contributed by atoms with Crippen molar-refractivity contribution in [1.29, 1.82) is 0 Å². The number of anilines is 1. The molecule has 3 nitrogen and oxygen atoms in total. The molecule has 1 aliphatic heterocycles. The second-order valence-corrected chi connectivity index (χ2v) is 7.83. The lowest BCUT2D eigenvalue weighted by molar-refractivity contribution is -0.119. The van der Waals surface area contributed by atoms with Gasteiger partial charge < -0.3 is 0 Å². The van der Waals surface area contributed by atoms with Crippen molar-refractivity contribution in [2.24, 2.45) is 0 Å². The summed E-state index contributed by atoms with van der Waals surface area (Å²) in [6, 6.07) is 14.4. The highest BCUT2D eigenvalue weighted by Gasteiger charge is 2.40. The molecule has 0 bridgehead atoms. The highest BCUT2D eigenvalue weighted by atomic mass is 16.2. The number of amides is 1. The quantitative estimate of drug-likeness (QED) is 0.744. The molecular formula is C24H25NO2. The van der Waals surface area contributed by atoms with Crippen molar-refractivity contribution in [3.8, 4) is 0 Å². The van der Waals surface area contributed by atoms with Crippen LogP contribution in [0.25, 0.3) is 0 Å². The molecule has 1 aliphatic carbocycles. The molecule has 0 saturated carbocycles. The van der Waals surface area contributed by atoms with Crippen molar-refractivity contribution in [2.75, 3.05) is 4.90 Å². The second kappa shape index (κ2) is 6.80. The molecule has 2 aromatic rings. The van der Waals surface area contributed by atoms with E-state index in [1.54, 1.807) is 0 Å². The van der Waals surface area contributed by atoms with Crippen LogP contribution in [0.3, 0.4) is 0 Å². The fourth-order valence-electron chi connectivity index (χ4n) is 4.40. The number of hydrogen-bond acceptors (Lipinski definition) is 2. The van der Waals surface area contributed by atoms with Gasteiger partial charge in [-0.3, -0.25) is 14.5 Å². The molecule has 0 radical (unpaired) electrons. The maximum atomic E-state index is 13.3. The summed E-state index contributed by atoms with van der Waals surface area (Å²) >= 11 is 0. The molecule has 0 N–H and O–H groups in total. The van der Waals surface area contributed by atoms with Crippen LogP contribution in [0.1, 0.15) is 53.9 Å². The van der Waals surface area contributed by atoms with Crippen LogP contribution >= 0.6 is 0 Å². The van der Waals surface area contributed by atoms with Crippen LogP contribution in [0.4, 0.5) is 5.69 Å². The van der Waals surface area contributed by atoms with Gasteiger partial charge in [0.05, 0.1) is 5.69 Å². The zero-order valence-corrected chi connectivity index (χ0v) is 16.2. The van der Waals surface area contributed by atoms with Gasteiger partial charge in [0, 0.05) is 30.0 Å². The van der Waals surface area contributed by atoms with Gasteiger partial charge in [-0.2, -0.15) is 0 Å². The number of carbonyl (C=O) groups excluding carboxylic acids is 2. The van der Waals surface area contributed by atoms with Crippen LogP contribution in [0.2, 0.25) is 0 Å². The first kappa shape index (κ1) is 17.7. The summed E-state index contributed by atoms with van der Waals surface area (Å²) in [6.45, 7) is 6.11. The molecular weight excluding hydrogens is 334 g/mol. The average Bonchev–Trinajstić information content (AvgIpc) is 2.63. The molecule has 0 saturated heterocycles. The third-order valence-electron chi connectivity index (χ3n) is 5.73. The molecule has 138 valence electrons. The van der Waals surface area contributed by atoms with Gasteiger partial charge in [0.15, 0.2) is 5.78 Å². The Morgan fingerprint density at radius 2 is 1.70 bits per heavy atom. The fraction of sp³-hybridized carbons (Fsp3) is 0.333. The second-order valence-electron chi connectivity index (χ2n) is 7.83. The third-order valence-corrected chi connectivity index (χ3v) is 5.73. The van der Waals surface area contributed by atoms with E-state index in [1.165, 1.54) is 0 Å². The Balaban J connectivity index is 1.90. The third kappa shape index (κ3) is 3.12. The van der Waals surface area contributed by atoms with E-state index < -0.39 is 0 Å². The van der Waals surface area contributed by atoms with Crippen molar-refractivity contribution in [3.05, 3.63) is 76.0 Å². The van der Waals surface area contributed by atoms with E-state index in [9.17, 15) is 9.59 Å². The van der Waals surface area contributed by atoms with E-state index >= 15 is 0 Å². The Bertz CT molecular complexity index is 970. The zero-order chi connectivity index (χ0) is 19.1. The Hall–Kier alpha value is -2.68. The summed E-state index contributed by atoms with van der Waals surface area (Å²) in [7, 11) is 0. The lowest BCUT2D eigenvalue weighted by atomic mass is 9.77. The lowest BCUT2D eigenvalue weighted by Crippen LogP contribution is -2.41. The normalized spacial score (nSPS) is 20.1. The molecule has 0 aromatic heterocycles. The number of rotatable bonds is 2. The number of Topliss-reactive ketones (excluding diaryl/α,β-unsaturated/α-hetero) is 1. The van der Waals surface area contributed by atoms with Crippen LogP contribution < -0.4 is 4.90 Å². The minimum Gasteiger partial charge on any atom is -0.294 e. The van der Waals surface area contributed by atoms with Gasteiger partial charge in [0.25, 0.3) is 0 Å². The van der Waals surface area contributed by atoms with Crippen LogP contribution in [0.5, 0.6) is 0 Å². The van der Waals surface area contributed by atoms with Crippen molar-refractivity contribution in [1.82, 2.24) is 0 Å². The van der Waals surface area contributed by atoms with Gasteiger partial charge in [0.1, 0.15) is 0 Å². The van der Waals surface area contributed by atoms with Gasteiger partial charge >= 0.3 is 0 Å². The van der Waals surface area contributed by atoms with Crippen molar-refractivity contribution in [2.45, 2.75) is 52.4 Å². The Morgan fingerprint density at radius 3 is 2.48 bits per heavy atom. The molecule has 0 spiro atoms. The van der Waals surface area contributed by atoms with Gasteiger partial charge in [-0.1, -0.05) is 42.0 Å². The number of nitrogens with zero attached hydrogens (tertiary/aromatic N) is 1. The minimum absolute atomic E-state index is 0.0867. The van der Waals surface area contributed by atoms with Crippen molar-refractivity contribution < 1.29 is 9.59 Å². The standard InChI is InChI=1S/C24H25NO2/c1-15-6-4-7-18(12-15)19-14-23(27)25(20-8-5-9-22(26)24(19)20)21-13-16(2)10-11-17(21)3/h4,6-7,10-13,19H,5,8-9,14H2,1-3H3. The molecule has 3 heteroatoms. The van der Waals surface area contributed by atoms with E-state index in [0.717, 1.165) is 52.1 Å². The first-order valence-electron chi connectivity index (χ1n) is 9.68. The first-order valence-corrected chi connectivity index (χ1v) is 9.68. The number of allylic oxidation sites excluding steroid dienone is 2. The summed E-state index contributed by atoms with van der Waals surface area (Å²) in [5.41, 5.74) is 7.11. The Labute approximate surface area is 160 Å². The zero-order valence-electron chi connectivity index (χ0n) is 16.2. The molecule has 4 rings (SSSR count). The van der Waals surface area contributed by atoms with E-state index in [1.807, 2.05) is 30.9 Å². The molecule has 1 atom stereocenters. The van der Waals surface area contributed by atoms with Gasteiger partial charge in [-0.25, -0.2) is 0 Å². The summed E-state index contributed by atoms with van der Waals surface area (Å²) in [4.78, 5) is 28.0. The SMILES string of the molecule is Cc1cccc(C2CC(=O)N(c3cc(C)ccc3C)C3=C2C(=O)CCC3)c1. The Morgan fingerprint density at radius 1 is 0.926 bits per heavy atom. The van der Waals surface area contributed by atoms with Crippen LogP contribution in [0, 0.1) is 20.8 Å². The predicted molar refractivity (Wildman–Crippen MR) is 108 cm³/mol. The number of ketones is 1. The molecule has 1 heterocycles.